The SMILES string of the molecule is COc1ccc(/C=C/C(=O)c2ccc(OCCO[C@H]3O[C@@H]4O[C@]5(C)CC[C@H]6[C@H](C)CC[C@@H]([C@H]3C)[C@@]46OO5)cc2)cc1. The highest BCUT2D eigenvalue weighted by atomic mass is 17.3. The number of rotatable bonds is 9. The van der Waals surface area contributed by atoms with Gasteiger partial charge in [0.2, 0.25) is 5.79 Å². The van der Waals surface area contributed by atoms with Gasteiger partial charge < -0.3 is 23.7 Å². The summed E-state index contributed by atoms with van der Waals surface area (Å²) in [5, 5.41) is 0. The van der Waals surface area contributed by atoms with Crippen LogP contribution in [-0.2, 0) is 24.0 Å². The summed E-state index contributed by atoms with van der Waals surface area (Å²) in [4.78, 5) is 24.7. The van der Waals surface area contributed by atoms with E-state index in [-0.39, 0.29) is 17.6 Å². The highest BCUT2D eigenvalue weighted by Gasteiger charge is 2.69. The Bertz CT molecular complexity index is 1240. The van der Waals surface area contributed by atoms with Crippen LogP contribution < -0.4 is 9.47 Å². The van der Waals surface area contributed by atoms with Crippen molar-refractivity contribution < 1.29 is 38.3 Å². The second-order valence-electron chi connectivity index (χ2n) is 12.0. The van der Waals surface area contributed by atoms with E-state index in [0.29, 0.717) is 36.4 Å². The maximum absolute atomic E-state index is 12.6. The molecule has 4 aliphatic heterocycles. The van der Waals surface area contributed by atoms with Crippen LogP contribution in [0.25, 0.3) is 6.08 Å². The summed E-state index contributed by atoms with van der Waals surface area (Å²) in [5.74, 6) is 1.77. The first-order chi connectivity index (χ1) is 19.8. The van der Waals surface area contributed by atoms with Crippen LogP contribution in [0.1, 0.15) is 62.4 Å². The zero-order valence-electron chi connectivity index (χ0n) is 24.2. The van der Waals surface area contributed by atoms with E-state index < -0.39 is 24.0 Å². The minimum Gasteiger partial charge on any atom is -0.497 e. The molecular weight excluding hydrogens is 524 g/mol. The predicted molar refractivity (Wildman–Crippen MR) is 151 cm³/mol. The third-order valence-electron chi connectivity index (χ3n) is 9.41. The number of carbonyl (C=O) groups excluding carboxylic acids is 1. The minimum absolute atomic E-state index is 0.0751. The van der Waals surface area contributed by atoms with Crippen molar-refractivity contribution in [2.75, 3.05) is 20.3 Å². The summed E-state index contributed by atoms with van der Waals surface area (Å²) in [7, 11) is 1.63. The van der Waals surface area contributed by atoms with Gasteiger partial charge in [0.25, 0.3) is 0 Å². The lowest BCUT2D eigenvalue weighted by Crippen LogP contribution is -2.70. The van der Waals surface area contributed by atoms with Gasteiger partial charge in [-0.3, -0.25) is 4.79 Å². The topological polar surface area (TPSA) is 81.7 Å². The van der Waals surface area contributed by atoms with E-state index in [1.165, 1.54) is 0 Å². The average molecular weight is 565 g/mol. The maximum Gasteiger partial charge on any atom is 0.201 e. The van der Waals surface area contributed by atoms with E-state index in [1.54, 1.807) is 43.5 Å². The molecule has 2 aromatic rings. The quantitative estimate of drug-likeness (QED) is 0.154. The molecule has 1 aliphatic carbocycles. The van der Waals surface area contributed by atoms with Gasteiger partial charge in [0.1, 0.15) is 18.1 Å². The zero-order chi connectivity index (χ0) is 28.6. The molecule has 2 aromatic carbocycles. The monoisotopic (exact) mass is 564 g/mol. The molecule has 0 amide bonds. The third kappa shape index (κ3) is 5.44. The van der Waals surface area contributed by atoms with Crippen molar-refractivity contribution in [1.82, 2.24) is 0 Å². The van der Waals surface area contributed by atoms with Crippen LogP contribution in [0.4, 0.5) is 0 Å². The number of methoxy groups -OCH3 is 1. The summed E-state index contributed by atoms with van der Waals surface area (Å²) in [6.45, 7) is 7.13. The van der Waals surface area contributed by atoms with Crippen LogP contribution in [0.15, 0.2) is 54.6 Å². The average Bonchev–Trinajstić information content (AvgIpc) is 3.22. The first-order valence-corrected chi connectivity index (χ1v) is 14.7. The number of benzene rings is 2. The van der Waals surface area contributed by atoms with Gasteiger partial charge in [-0.15, -0.1) is 0 Å². The van der Waals surface area contributed by atoms with Gasteiger partial charge in [0.05, 0.1) is 13.7 Å². The molecule has 1 saturated carbocycles. The summed E-state index contributed by atoms with van der Waals surface area (Å²) >= 11 is 0. The van der Waals surface area contributed by atoms with Crippen molar-refractivity contribution in [3.63, 3.8) is 0 Å². The van der Waals surface area contributed by atoms with Crippen molar-refractivity contribution >= 4 is 11.9 Å². The number of hydrogen-bond acceptors (Lipinski definition) is 8. The molecule has 5 fully saturated rings. The molecule has 0 unspecified atom stereocenters. The third-order valence-corrected chi connectivity index (χ3v) is 9.41. The number of fused-ring (bicyclic) bond motifs is 2. The number of hydrogen-bond donors (Lipinski definition) is 0. The molecule has 5 aliphatic rings. The van der Waals surface area contributed by atoms with E-state index in [1.807, 2.05) is 31.2 Å². The van der Waals surface area contributed by atoms with E-state index in [2.05, 4.69) is 13.8 Å². The van der Waals surface area contributed by atoms with Crippen molar-refractivity contribution in [2.45, 2.75) is 70.4 Å². The van der Waals surface area contributed by atoms with Gasteiger partial charge in [0.15, 0.2) is 24.0 Å². The van der Waals surface area contributed by atoms with Crippen LogP contribution in [0, 0.1) is 23.7 Å². The number of allylic oxidation sites excluding steroid dienone is 1. The molecule has 7 rings (SSSR count). The van der Waals surface area contributed by atoms with Gasteiger partial charge in [-0.05, 0) is 86.1 Å². The van der Waals surface area contributed by atoms with E-state index in [0.717, 1.165) is 37.0 Å². The predicted octanol–water partition coefficient (Wildman–Crippen LogP) is 6.19. The summed E-state index contributed by atoms with van der Waals surface area (Å²) in [5.41, 5.74) is 0.929. The Morgan fingerprint density at radius 3 is 2.46 bits per heavy atom. The second-order valence-corrected chi connectivity index (χ2v) is 12.0. The lowest BCUT2D eigenvalue weighted by molar-refractivity contribution is -0.577. The first kappa shape index (κ1) is 28.4. The second kappa shape index (κ2) is 11.5. The van der Waals surface area contributed by atoms with Crippen molar-refractivity contribution in [1.29, 1.82) is 0 Å². The van der Waals surface area contributed by atoms with Gasteiger partial charge in [0, 0.05) is 23.8 Å². The van der Waals surface area contributed by atoms with Crippen molar-refractivity contribution in [3.05, 3.63) is 65.7 Å². The Hall–Kier alpha value is -2.75. The van der Waals surface area contributed by atoms with Gasteiger partial charge >= 0.3 is 0 Å². The molecule has 8 nitrogen and oxygen atoms in total. The molecule has 220 valence electrons. The molecule has 8 atom stereocenters. The number of ether oxygens (including phenoxy) is 5. The number of carbonyl (C=O) groups is 1. The van der Waals surface area contributed by atoms with Crippen LogP contribution in [0.5, 0.6) is 11.5 Å². The Morgan fingerprint density at radius 2 is 1.71 bits per heavy atom. The summed E-state index contributed by atoms with van der Waals surface area (Å²) in [6, 6.07) is 14.7. The van der Waals surface area contributed by atoms with Gasteiger partial charge in [-0.1, -0.05) is 32.1 Å². The highest BCUT2D eigenvalue weighted by Crippen LogP contribution is 2.60. The molecule has 0 N–H and O–H groups in total. The first-order valence-electron chi connectivity index (χ1n) is 14.7. The van der Waals surface area contributed by atoms with Crippen LogP contribution in [0.3, 0.4) is 0 Å². The normalized spacial score (nSPS) is 36.0. The van der Waals surface area contributed by atoms with Crippen molar-refractivity contribution in [3.8, 4) is 11.5 Å². The largest absolute Gasteiger partial charge is 0.497 e. The number of ketones is 1. The molecular formula is C33H40O8. The molecule has 8 heteroatoms. The highest BCUT2D eigenvalue weighted by molar-refractivity contribution is 6.06. The Labute approximate surface area is 241 Å². The van der Waals surface area contributed by atoms with E-state index in [9.17, 15) is 4.79 Å². The fourth-order valence-corrected chi connectivity index (χ4v) is 7.08. The molecule has 1 spiro atoms. The van der Waals surface area contributed by atoms with Crippen LogP contribution in [-0.4, -0.2) is 50.1 Å². The van der Waals surface area contributed by atoms with Gasteiger partial charge in [-0.2, -0.15) is 0 Å². The van der Waals surface area contributed by atoms with E-state index >= 15 is 0 Å². The molecule has 4 saturated heterocycles. The van der Waals surface area contributed by atoms with Gasteiger partial charge in [-0.25, -0.2) is 9.78 Å². The fourth-order valence-electron chi connectivity index (χ4n) is 7.08. The van der Waals surface area contributed by atoms with E-state index in [4.69, 9.17) is 33.5 Å². The smallest absolute Gasteiger partial charge is 0.201 e. The lowest BCUT2D eigenvalue weighted by Gasteiger charge is -2.60. The standard InChI is InChI=1S/C33H40O8/c1-21-5-15-28-22(2)30(38-31-33(28)27(21)17-18-32(3,39-31)40-41-33)37-20-19-36-26-13-9-24(10-14-26)29(34)16-8-23-6-11-25(35-4)12-7-23/h6-14,16,21-22,27-28,30-31H,5,15,17-20H2,1-4H3/b16-8+/t21-,22-,27+,28+,30+,31-,32+,33-/m1/s1. The molecule has 41 heavy (non-hydrogen) atoms. The molecule has 2 bridgehead atoms. The van der Waals surface area contributed by atoms with Crippen molar-refractivity contribution in [2.24, 2.45) is 23.7 Å². The minimum atomic E-state index is -0.801. The Balaban J connectivity index is 1.02. The summed E-state index contributed by atoms with van der Waals surface area (Å²) in [6.07, 6.45) is 6.38. The maximum atomic E-state index is 12.6. The Morgan fingerprint density at radius 1 is 0.951 bits per heavy atom. The summed E-state index contributed by atoms with van der Waals surface area (Å²) < 4.78 is 30.2. The molecule has 4 heterocycles. The zero-order valence-corrected chi connectivity index (χ0v) is 24.2. The van der Waals surface area contributed by atoms with Crippen LogP contribution in [0.2, 0.25) is 0 Å². The fraction of sp³-hybridized carbons (Fsp3) is 0.545. The lowest BCUT2D eigenvalue weighted by atomic mass is 9.58. The molecule has 0 aromatic heterocycles. The Kier molecular flexibility index (Phi) is 7.96. The molecule has 0 radical (unpaired) electrons. The van der Waals surface area contributed by atoms with Crippen LogP contribution >= 0.6 is 0 Å².